The van der Waals surface area contributed by atoms with Crippen LogP contribution in [0.15, 0.2) is 42.5 Å². The predicted octanol–water partition coefficient (Wildman–Crippen LogP) is 5.33. The molecule has 3 heteroatoms. The summed E-state index contributed by atoms with van der Waals surface area (Å²) in [6.45, 7) is 0. The van der Waals surface area contributed by atoms with Crippen molar-refractivity contribution in [2.24, 2.45) is 0 Å². The molecule has 1 nitrogen and oxygen atoms in total. The lowest BCUT2D eigenvalue weighted by atomic mass is 9.68. The smallest absolute Gasteiger partial charge is 0.0865 e. The van der Waals surface area contributed by atoms with Crippen molar-refractivity contribution in [2.75, 3.05) is 0 Å². The Balaban J connectivity index is 2.05. The van der Waals surface area contributed by atoms with E-state index in [9.17, 15) is 5.26 Å². The Bertz CT molecular complexity index is 717. The van der Waals surface area contributed by atoms with Gasteiger partial charge in [-0.3, -0.25) is 0 Å². The highest BCUT2D eigenvalue weighted by Gasteiger charge is 2.37. The third kappa shape index (κ3) is 2.67. The number of nitriles is 1. The van der Waals surface area contributed by atoms with Crippen LogP contribution in [0.2, 0.25) is 10.0 Å². The minimum Gasteiger partial charge on any atom is -0.197 e. The first-order valence-corrected chi connectivity index (χ1v) is 7.84. The molecule has 0 spiro atoms. The van der Waals surface area contributed by atoms with E-state index in [2.05, 4.69) is 18.2 Å². The second-order valence-electron chi connectivity index (χ2n) is 5.62. The number of nitrogens with zero attached hydrogens (tertiary/aromatic N) is 1. The van der Waals surface area contributed by atoms with Crippen LogP contribution in [0.4, 0.5) is 0 Å². The summed E-state index contributed by atoms with van der Waals surface area (Å²) in [6, 6.07) is 16.4. The Hall–Kier alpha value is -1.49. The van der Waals surface area contributed by atoms with E-state index in [4.69, 9.17) is 23.2 Å². The van der Waals surface area contributed by atoms with Gasteiger partial charge in [0.1, 0.15) is 0 Å². The Morgan fingerprint density at radius 3 is 2.71 bits per heavy atom. The molecular formula is C18H15Cl2N. The molecule has 0 saturated carbocycles. The van der Waals surface area contributed by atoms with E-state index in [1.54, 1.807) is 6.07 Å². The van der Waals surface area contributed by atoms with Crippen LogP contribution in [0, 0.1) is 11.3 Å². The van der Waals surface area contributed by atoms with Gasteiger partial charge in [-0.15, -0.1) is 0 Å². The molecule has 0 N–H and O–H groups in total. The summed E-state index contributed by atoms with van der Waals surface area (Å²) >= 11 is 12.3. The lowest BCUT2D eigenvalue weighted by Crippen LogP contribution is -2.31. The van der Waals surface area contributed by atoms with Gasteiger partial charge in [-0.05, 0) is 54.5 Å². The molecule has 21 heavy (non-hydrogen) atoms. The van der Waals surface area contributed by atoms with E-state index in [1.165, 1.54) is 5.56 Å². The average Bonchev–Trinajstić information content (AvgIpc) is 2.50. The molecule has 0 aromatic heterocycles. The van der Waals surface area contributed by atoms with Crippen molar-refractivity contribution in [2.45, 2.75) is 31.1 Å². The summed E-state index contributed by atoms with van der Waals surface area (Å²) in [5.74, 6) is 0. The summed E-state index contributed by atoms with van der Waals surface area (Å²) in [4.78, 5) is 0. The predicted molar refractivity (Wildman–Crippen MR) is 86.8 cm³/mol. The van der Waals surface area contributed by atoms with Gasteiger partial charge in [0.05, 0.1) is 11.5 Å². The van der Waals surface area contributed by atoms with Gasteiger partial charge in [0, 0.05) is 10.0 Å². The molecule has 1 unspecified atom stereocenters. The molecule has 106 valence electrons. The number of rotatable bonds is 2. The average molecular weight is 316 g/mol. The second kappa shape index (κ2) is 5.72. The molecule has 0 amide bonds. The fraction of sp³-hybridized carbons (Fsp3) is 0.278. The molecule has 1 aliphatic carbocycles. The van der Waals surface area contributed by atoms with E-state index in [0.29, 0.717) is 16.5 Å². The van der Waals surface area contributed by atoms with E-state index in [1.807, 2.05) is 24.3 Å². The lowest BCUT2D eigenvalue weighted by Gasteiger charge is -2.33. The molecule has 2 aromatic rings. The fourth-order valence-corrected chi connectivity index (χ4v) is 3.73. The van der Waals surface area contributed by atoms with Gasteiger partial charge in [-0.2, -0.15) is 5.26 Å². The fourth-order valence-electron chi connectivity index (χ4n) is 3.25. The summed E-state index contributed by atoms with van der Waals surface area (Å²) in [6.07, 6.45) is 3.60. The first-order valence-electron chi connectivity index (χ1n) is 7.08. The van der Waals surface area contributed by atoms with Crippen LogP contribution < -0.4 is 0 Å². The highest BCUT2D eigenvalue weighted by molar-refractivity contribution is 6.35. The molecule has 0 bridgehead atoms. The minimum absolute atomic E-state index is 0.480. The zero-order valence-corrected chi connectivity index (χ0v) is 13.1. The zero-order chi connectivity index (χ0) is 14.9. The second-order valence-corrected chi connectivity index (χ2v) is 6.46. The number of hydrogen-bond donors (Lipinski definition) is 0. The van der Waals surface area contributed by atoms with Gasteiger partial charge in [-0.25, -0.2) is 0 Å². The molecule has 1 atom stereocenters. The highest BCUT2D eigenvalue weighted by atomic mass is 35.5. The summed E-state index contributed by atoms with van der Waals surface area (Å²) in [7, 11) is 0. The van der Waals surface area contributed by atoms with Crippen molar-refractivity contribution in [1.29, 1.82) is 5.26 Å². The molecule has 0 aliphatic heterocycles. The van der Waals surface area contributed by atoms with Crippen molar-refractivity contribution in [3.8, 4) is 6.07 Å². The Morgan fingerprint density at radius 1 is 1.14 bits per heavy atom. The van der Waals surface area contributed by atoms with Crippen molar-refractivity contribution < 1.29 is 0 Å². The topological polar surface area (TPSA) is 23.8 Å². The largest absolute Gasteiger partial charge is 0.197 e. The summed E-state index contributed by atoms with van der Waals surface area (Å²) in [5.41, 5.74) is 2.95. The third-order valence-corrected chi connectivity index (χ3v) is 4.89. The van der Waals surface area contributed by atoms with Crippen LogP contribution in [0.5, 0.6) is 0 Å². The first-order chi connectivity index (χ1) is 10.1. The first kappa shape index (κ1) is 14.4. The number of fused-ring (bicyclic) bond motifs is 1. The molecule has 0 heterocycles. The quantitative estimate of drug-likeness (QED) is 0.734. The van der Waals surface area contributed by atoms with Gasteiger partial charge in [0.25, 0.3) is 0 Å². The maximum absolute atomic E-state index is 9.88. The molecule has 2 aromatic carbocycles. The van der Waals surface area contributed by atoms with Crippen LogP contribution in [0.1, 0.15) is 29.5 Å². The van der Waals surface area contributed by atoms with Crippen LogP contribution in [-0.2, 0) is 18.3 Å². The Labute approximate surface area is 135 Å². The molecular weight excluding hydrogens is 301 g/mol. The number of aryl methyl sites for hydroxylation is 1. The SMILES string of the molecule is N#CC1(Cc2ccc(Cl)cc2Cl)CCCc2ccccc21. The maximum Gasteiger partial charge on any atom is 0.0865 e. The molecule has 1 aliphatic rings. The van der Waals surface area contributed by atoms with Gasteiger partial charge < -0.3 is 0 Å². The standard InChI is InChI=1S/C18H15Cl2N/c19-15-8-7-14(17(20)10-15)11-18(12-21)9-3-5-13-4-1-2-6-16(13)18/h1-2,4,6-8,10H,3,5,9,11H2. The molecule has 0 radical (unpaired) electrons. The molecule has 3 rings (SSSR count). The summed E-state index contributed by atoms with van der Waals surface area (Å²) in [5, 5.41) is 11.1. The zero-order valence-electron chi connectivity index (χ0n) is 11.6. The Kier molecular flexibility index (Phi) is 3.93. The molecule has 0 fully saturated rings. The van der Waals surface area contributed by atoms with E-state index < -0.39 is 5.41 Å². The van der Waals surface area contributed by atoms with Crippen LogP contribution in [-0.4, -0.2) is 0 Å². The van der Waals surface area contributed by atoms with E-state index in [-0.39, 0.29) is 0 Å². The van der Waals surface area contributed by atoms with E-state index in [0.717, 1.165) is 30.4 Å². The van der Waals surface area contributed by atoms with Crippen molar-refractivity contribution in [3.05, 3.63) is 69.2 Å². The highest BCUT2D eigenvalue weighted by Crippen LogP contribution is 2.40. The normalized spacial score (nSPS) is 20.6. The monoisotopic (exact) mass is 315 g/mol. The van der Waals surface area contributed by atoms with Gasteiger partial charge in [0.15, 0.2) is 0 Å². The number of hydrogen-bond acceptors (Lipinski definition) is 1. The number of halogens is 2. The van der Waals surface area contributed by atoms with Crippen molar-refractivity contribution in [1.82, 2.24) is 0 Å². The van der Waals surface area contributed by atoms with Crippen LogP contribution in [0.25, 0.3) is 0 Å². The van der Waals surface area contributed by atoms with E-state index >= 15 is 0 Å². The summed E-state index contributed by atoms with van der Waals surface area (Å²) < 4.78 is 0. The van der Waals surface area contributed by atoms with Gasteiger partial charge >= 0.3 is 0 Å². The minimum atomic E-state index is -0.480. The molecule has 0 saturated heterocycles. The van der Waals surface area contributed by atoms with Gasteiger partial charge in [-0.1, -0.05) is 53.5 Å². The van der Waals surface area contributed by atoms with Crippen molar-refractivity contribution in [3.63, 3.8) is 0 Å². The Morgan fingerprint density at radius 2 is 1.95 bits per heavy atom. The van der Waals surface area contributed by atoms with Crippen LogP contribution >= 0.6 is 23.2 Å². The third-order valence-electron chi connectivity index (χ3n) is 4.30. The number of benzene rings is 2. The van der Waals surface area contributed by atoms with Crippen LogP contribution in [0.3, 0.4) is 0 Å². The lowest BCUT2D eigenvalue weighted by molar-refractivity contribution is 0.450. The van der Waals surface area contributed by atoms with Crippen molar-refractivity contribution >= 4 is 23.2 Å². The maximum atomic E-state index is 9.88. The van der Waals surface area contributed by atoms with Gasteiger partial charge in [0.2, 0.25) is 0 Å².